The van der Waals surface area contributed by atoms with Crippen LogP contribution in [0, 0.1) is 6.92 Å². The molecule has 5 nitrogen and oxygen atoms in total. The molecule has 0 bridgehead atoms. The molecular weight excluding hydrogens is 160 g/mol. The number of aromatic amines is 1. The van der Waals surface area contributed by atoms with Gasteiger partial charge in [0.25, 0.3) is 5.56 Å². The van der Waals surface area contributed by atoms with Crippen molar-refractivity contribution in [2.45, 2.75) is 6.92 Å². The molecule has 0 saturated heterocycles. The number of nitrogens with zero attached hydrogens (tertiary/aromatic N) is 1. The van der Waals surface area contributed by atoms with Crippen molar-refractivity contribution >= 4 is 5.97 Å². The number of rotatable bonds is 1. The number of aryl methyl sites for hydroxylation is 1. The molecule has 1 N–H and O–H groups in total. The smallest absolute Gasteiger partial charge is 0.374 e. The molecule has 0 atom stereocenters. The topological polar surface area (TPSA) is 72.0 Å². The highest BCUT2D eigenvalue weighted by Gasteiger charge is 2.07. The number of esters is 1. The Labute approximate surface area is 68.4 Å². The zero-order chi connectivity index (χ0) is 9.14. The van der Waals surface area contributed by atoms with E-state index in [1.54, 1.807) is 6.92 Å². The Kier molecular flexibility index (Phi) is 2.23. The van der Waals surface area contributed by atoms with Gasteiger partial charge in [-0.2, -0.15) is 0 Å². The van der Waals surface area contributed by atoms with Gasteiger partial charge in [0.15, 0.2) is 0 Å². The van der Waals surface area contributed by atoms with Crippen LogP contribution in [0.4, 0.5) is 0 Å². The van der Waals surface area contributed by atoms with E-state index in [0.29, 0.717) is 5.69 Å². The fourth-order valence-electron chi connectivity index (χ4n) is 0.772. The molecule has 5 heteroatoms. The monoisotopic (exact) mass is 168 g/mol. The molecule has 1 rings (SSSR count). The van der Waals surface area contributed by atoms with Gasteiger partial charge in [0.2, 0.25) is 5.82 Å². The molecule has 64 valence electrons. The Hall–Kier alpha value is -1.65. The Morgan fingerprint density at radius 2 is 2.33 bits per heavy atom. The van der Waals surface area contributed by atoms with E-state index in [1.807, 2.05) is 0 Å². The van der Waals surface area contributed by atoms with Gasteiger partial charge in [0.05, 0.1) is 7.11 Å². The molecule has 1 aromatic rings. The van der Waals surface area contributed by atoms with Crippen molar-refractivity contribution in [3.63, 3.8) is 0 Å². The number of carbonyl (C=O) groups is 1. The van der Waals surface area contributed by atoms with Crippen LogP contribution >= 0.6 is 0 Å². The largest absolute Gasteiger partial charge is 0.463 e. The maximum atomic E-state index is 10.9. The molecule has 0 aliphatic rings. The van der Waals surface area contributed by atoms with E-state index in [4.69, 9.17) is 0 Å². The summed E-state index contributed by atoms with van der Waals surface area (Å²) in [5.41, 5.74) is 0.127. The summed E-state index contributed by atoms with van der Waals surface area (Å²) >= 11 is 0. The average molecular weight is 168 g/mol. The average Bonchev–Trinajstić information content (AvgIpc) is 2.01. The molecule has 0 amide bonds. The fraction of sp³-hybridized carbons (Fsp3) is 0.286. The molecule has 0 fully saturated rings. The summed E-state index contributed by atoms with van der Waals surface area (Å²) in [7, 11) is 1.23. The molecule has 12 heavy (non-hydrogen) atoms. The predicted molar refractivity (Wildman–Crippen MR) is 40.9 cm³/mol. The number of ether oxygens (including phenoxy) is 1. The van der Waals surface area contributed by atoms with Crippen molar-refractivity contribution in [2.75, 3.05) is 7.11 Å². The first kappa shape index (κ1) is 8.45. The maximum Gasteiger partial charge on any atom is 0.374 e. The van der Waals surface area contributed by atoms with Crippen LogP contribution in [-0.4, -0.2) is 23.0 Å². The number of methoxy groups -OCH3 is 1. The lowest BCUT2D eigenvalue weighted by atomic mass is 10.4. The van der Waals surface area contributed by atoms with Crippen LogP contribution in [0.5, 0.6) is 0 Å². The van der Waals surface area contributed by atoms with E-state index in [2.05, 4.69) is 14.7 Å². The van der Waals surface area contributed by atoms with E-state index in [-0.39, 0.29) is 11.4 Å². The molecule has 0 aliphatic carbocycles. The van der Waals surface area contributed by atoms with Crippen molar-refractivity contribution in [2.24, 2.45) is 0 Å². The van der Waals surface area contributed by atoms with Crippen molar-refractivity contribution in [1.82, 2.24) is 9.97 Å². The molecule has 0 unspecified atom stereocenters. The van der Waals surface area contributed by atoms with Crippen LogP contribution in [0.25, 0.3) is 0 Å². The van der Waals surface area contributed by atoms with Gasteiger partial charge in [0, 0.05) is 11.8 Å². The minimum Gasteiger partial charge on any atom is -0.463 e. The number of H-pyrrole nitrogens is 1. The zero-order valence-corrected chi connectivity index (χ0v) is 6.75. The van der Waals surface area contributed by atoms with Gasteiger partial charge in [-0.25, -0.2) is 9.78 Å². The third kappa shape index (κ3) is 1.69. The normalized spacial score (nSPS) is 9.50. The number of nitrogens with one attached hydrogen (secondary N) is 1. The number of hydrogen-bond acceptors (Lipinski definition) is 4. The quantitative estimate of drug-likeness (QED) is 0.592. The van der Waals surface area contributed by atoms with Gasteiger partial charge >= 0.3 is 5.97 Å². The lowest BCUT2D eigenvalue weighted by Gasteiger charge is -1.97. The molecule has 0 spiro atoms. The van der Waals surface area contributed by atoms with Gasteiger partial charge in [-0.1, -0.05) is 0 Å². The van der Waals surface area contributed by atoms with Crippen LogP contribution < -0.4 is 5.56 Å². The van der Waals surface area contributed by atoms with Crippen LogP contribution in [0.2, 0.25) is 0 Å². The highest BCUT2D eigenvalue weighted by Crippen LogP contribution is 1.91. The third-order valence-corrected chi connectivity index (χ3v) is 1.25. The van der Waals surface area contributed by atoms with E-state index < -0.39 is 5.97 Å². The zero-order valence-electron chi connectivity index (χ0n) is 6.75. The van der Waals surface area contributed by atoms with Crippen LogP contribution in [0.1, 0.15) is 16.3 Å². The standard InChI is InChI=1S/C7H8N2O3/c1-4-3-5(10)9-6(8-4)7(11)12-2/h3H,1-2H3,(H,8,9,10). The highest BCUT2D eigenvalue weighted by molar-refractivity contribution is 5.84. The Balaban J connectivity index is 3.17. The highest BCUT2D eigenvalue weighted by atomic mass is 16.5. The second-order valence-corrected chi connectivity index (χ2v) is 2.23. The summed E-state index contributed by atoms with van der Waals surface area (Å²) in [6, 6.07) is 1.30. The first-order valence-corrected chi connectivity index (χ1v) is 3.30. The summed E-state index contributed by atoms with van der Waals surface area (Å²) in [5, 5.41) is 0. The van der Waals surface area contributed by atoms with Gasteiger partial charge in [-0.15, -0.1) is 0 Å². The van der Waals surface area contributed by atoms with Gasteiger partial charge in [0.1, 0.15) is 0 Å². The Morgan fingerprint density at radius 3 is 2.83 bits per heavy atom. The summed E-state index contributed by atoms with van der Waals surface area (Å²) in [6.07, 6.45) is 0. The minimum absolute atomic E-state index is 0.0671. The first-order chi connectivity index (χ1) is 5.63. The van der Waals surface area contributed by atoms with Crippen molar-refractivity contribution in [1.29, 1.82) is 0 Å². The second kappa shape index (κ2) is 3.17. The van der Waals surface area contributed by atoms with Gasteiger partial charge < -0.3 is 9.72 Å². The molecule has 1 heterocycles. The molecule has 0 saturated carbocycles. The second-order valence-electron chi connectivity index (χ2n) is 2.23. The molecular formula is C7H8N2O3. The summed E-state index contributed by atoms with van der Waals surface area (Å²) in [5.74, 6) is -0.710. The van der Waals surface area contributed by atoms with Crippen molar-refractivity contribution < 1.29 is 9.53 Å². The molecule has 1 aromatic heterocycles. The van der Waals surface area contributed by atoms with Crippen molar-refractivity contribution in [3.05, 3.63) is 27.9 Å². The van der Waals surface area contributed by atoms with E-state index in [0.717, 1.165) is 0 Å². The lowest BCUT2D eigenvalue weighted by molar-refractivity contribution is 0.0586. The van der Waals surface area contributed by atoms with Crippen LogP contribution in [-0.2, 0) is 4.74 Å². The SMILES string of the molecule is COC(=O)c1nc(C)cc(=O)[nH]1. The Morgan fingerprint density at radius 1 is 1.67 bits per heavy atom. The summed E-state index contributed by atoms with van der Waals surface area (Å²) < 4.78 is 4.37. The van der Waals surface area contributed by atoms with Crippen LogP contribution in [0.3, 0.4) is 0 Å². The lowest BCUT2D eigenvalue weighted by Crippen LogP contribution is -2.16. The van der Waals surface area contributed by atoms with Gasteiger partial charge in [-0.05, 0) is 6.92 Å². The van der Waals surface area contributed by atoms with E-state index in [9.17, 15) is 9.59 Å². The predicted octanol–water partition coefficient (Wildman–Crippen LogP) is -0.135. The van der Waals surface area contributed by atoms with Gasteiger partial charge in [-0.3, -0.25) is 4.79 Å². The molecule has 0 aliphatic heterocycles. The van der Waals surface area contributed by atoms with E-state index >= 15 is 0 Å². The fourth-order valence-corrected chi connectivity index (χ4v) is 0.772. The number of aromatic nitrogens is 2. The van der Waals surface area contributed by atoms with E-state index in [1.165, 1.54) is 13.2 Å². The Bertz CT molecular complexity index is 356. The molecule has 0 aromatic carbocycles. The number of hydrogen-bond donors (Lipinski definition) is 1. The number of carbonyl (C=O) groups excluding carboxylic acids is 1. The third-order valence-electron chi connectivity index (χ3n) is 1.25. The van der Waals surface area contributed by atoms with Crippen molar-refractivity contribution in [3.8, 4) is 0 Å². The van der Waals surface area contributed by atoms with Crippen LogP contribution in [0.15, 0.2) is 10.9 Å². The summed E-state index contributed by atoms with van der Waals surface area (Å²) in [4.78, 5) is 27.7. The maximum absolute atomic E-state index is 10.9. The first-order valence-electron chi connectivity index (χ1n) is 3.30. The summed E-state index contributed by atoms with van der Waals surface area (Å²) in [6.45, 7) is 1.63. The minimum atomic E-state index is -0.643. The molecule has 0 radical (unpaired) electrons.